The molecule has 25 heavy (non-hydrogen) atoms. The van der Waals surface area contributed by atoms with Crippen molar-refractivity contribution in [3.8, 4) is 16.9 Å². The van der Waals surface area contributed by atoms with Crippen LogP contribution in [-0.2, 0) is 0 Å². The van der Waals surface area contributed by atoms with Gasteiger partial charge in [-0.05, 0) is 34.7 Å². The molecule has 0 aliphatic carbocycles. The van der Waals surface area contributed by atoms with E-state index in [0.29, 0.717) is 12.5 Å². The van der Waals surface area contributed by atoms with Gasteiger partial charge in [-0.1, -0.05) is 79.7 Å². The van der Waals surface area contributed by atoms with Crippen molar-refractivity contribution in [2.45, 2.75) is 12.8 Å². The number of benzene rings is 3. The van der Waals surface area contributed by atoms with Gasteiger partial charge in [-0.25, -0.2) is 0 Å². The molecular formula is C23H25NO. The molecule has 0 bridgehead atoms. The summed E-state index contributed by atoms with van der Waals surface area (Å²) < 4.78 is 5.82. The molecule has 1 unspecified atom stereocenters. The van der Waals surface area contributed by atoms with Crippen LogP contribution in [0.15, 0.2) is 84.9 Å². The Hall–Kier alpha value is -2.58. The Kier molecular flexibility index (Phi) is 6.24. The first kappa shape index (κ1) is 17.2. The number of hydrogen-bond acceptors (Lipinski definition) is 2. The van der Waals surface area contributed by atoms with Gasteiger partial charge in [0.05, 0.1) is 0 Å². The number of rotatable bonds is 8. The standard InChI is InChI=1S/C23H25NO/c1-19(20-8-4-2-5-9-20)18-24-16-17-25-23-14-12-22(13-15-23)21-10-6-3-7-11-21/h2-15,19,24H,16-18H2,1H3. The zero-order chi connectivity index (χ0) is 17.3. The molecule has 2 nitrogen and oxygen atoms in total. The molecule has 0 spiro atoms. The van der Waals surface area contributed by atoms with Crippen molar-refractivity contribution in [3.63, 3.8) is 0 Å². The van der Waals surface area contributed by atoms with Gasteiger partial charge in [-0.3, -0.25) is 0 Å². The maximum absolute atomic E-state index is 5.82. The quantitative estimate of drug-likeness (QED) is 0.578. The van der Waals surface area contributed by atoms with Crippen molar-refractivity contribution >= 4 is 0 Å². The van der Waals surface area contributed by atoms with Crippen LogP contribution in [0.1, 0.15) is 18.4 Å². The zero-order valence-electron chi connectivity index (χ0n) is 14.7. The van der Waals surface area contributed by atoms with E-state index in [0.717, 1.165) is 18.8 Å². The highest BCUT2D eigenvalue weighted by atomic mass is 16.5. The molecule has 3 aromatic rings. The SMILES string of the molecule is CC(CNCCOc1ccc(-c2ccccc2)cc1)c1ccccc1. The molecule has 0 saturated carbocycles. The van der Waals surface area contributed by atoms with Crippen molar-refractivity contribution < 1.29 is 4.74 Å². The molecule has 2 heteroatoms. The molecule has 0 aliphatic rings. The van der Waals surface area contributed by atoms with Crippen LogP contribution in [0, 0.1) is 0 Å². The van der Waals surface area contributed by atoms with E-state index in [1.807, 2.05) is 18.2 Å². The third-order valence-electron chi connectivity index (χ3n) is 4.33. The zero-order valence-corrected chi connectivity index (χ0v) is 14.7. The Morgan fingerprint density at radius 1 is 0.760 bits per heavy atom. The smallest absolute Gasteiger partial charge is 0.119 e. The van der Waals surface area contributed by atoms with Crippen LogP contribution in [-0.4, -0.2) is 19.7 Å². The van der Waals surface area contributed by atoms with Crippen molar-refractivity contribution in [2.24, 2.45) is 0 Å². The predicted molar refractivity (Wildman–Crippen MR) is 105 cm³/mol. The van der Waals surface area contributed by atoms with Gasteiger partial charge in [0.1, 0.15) is 12.4 Å². The van der Waals surface area contributed by atoms with Crippen LogP contribution in [0.25, 0.3) is 11.1 Å². The third-order valence-corrected chi connectivity index (χ3v) is 4.33. The summed E-state index contributed by atoms with van der Waals surface area (Å²) in [5.74, 6) is 1.42. The van der Waals surface area contributed by atoms with Gasteiger partial charge in [-0.2, -0.15) is 0 Å². The van der Waals surface area contributed by atoms with Gasteiger partial charge < -0.3 is 10.1 Å². The normalized spacial score (nSPS) is 11.9. The van der Waals surface area contributed by atoms with Crippen LogP contribution < -0.4 is 10.1 Å². The van der Waals surface area contributed by atoms with Crippen molar-refractivity contribution in [3.05, 3.63) is 90.5 Å². The second-order valence-electron chi connectivity index (χ2n) is 6.25. The average Bonchev–Trinajstić information content (AvgIpc) is 2.69. The Morgan fingerprint density at radius 2 is 1.36 bits per heavy atom. The molecule has 128 valence electrons. The van der Waals surface area contributed by atoms with Crippen LogP contribution in [0.3, 0.4) is 0 Å². The molecule has 0 saturated heterocycles. The Labute approximate surface area is 150 Å². The lowest BCUT2D eigenvalue weighted by molar-refractivity contribution is 0.313. The molecule has 3 rings (SSSR count). The molecule has 1 atom stereocenters. The summed E-state index contributed by atoms with van der Waals surface area (Å²) in [7, 11) is 0. The van der Waals surface area contributed by atoms with Crippen molar-refractivity contribution in [1.29, 1.82) is 0 Å². The van der Waals surface area contributed by atoms with E-state index in [-0.39, 0.29) is 0 Å². The fourth-order valence-electron chi connectivity index (χ4n) is 2.83. The highest BCUT2D eigenvalue weighted by molar-refractivity contribution is 5.63. The first-order valence-corrected chi connectivity index (χ1v) is 8.87. The van der Waals surface area contributed by atoms with E-state index in [2.05, 4.69) is 79.0 Å². The topological polar surface area (TPSA) is 21.3 Å². The van der Waals surface area contributed by atoms with E-state index in [1.165, 1.54) is 16.7 Å². The minimum Gasteiger partial charge on any atom is -0.492 e. The van der Waals surface area contributed by atoms with E-state index in [9.17, 15) is 0 Å². The highest BCUT2D eigenvalue weighted by Crippen LogP contribution is 2.21. The van der Waals surface area contributed by atoms with Gasteiger partial charge in [0.25, 0.3) is 0 Å². The van der Waals surface area contributed by atoms with Gasteiger partial charge in [0.2, 0.25) is 0 Å². The average molecular weight is 331 g/mol. The molecule has 3 aromatic carbocycles. The van der Waals surface area contributed by atoms with Gasteiger partial charge in [0, 0.05) is 13.1 Å². The summed E-state index contributed by atoms with van der Waals surface area (Å²) >= 11 is 0. The lowest BCUT2D eigenvalue weighted by Crippen LogP contribution is -2.25. The second kappa shape index (κ2) is 9.05. The van der Waals surface area contributed by atoms with E-state index < -0.39 is 0 Å². The summed E-state index contributed by atoms with van der Waals surface area (Å²) in [4.78, 5) is 0. The Balaban J connectivity index is 1.39. The molecule has 0 radical (unpaired) electrons. The highest BCUT2D eigenvalue weighted by Gasteiger charge is 2.03. The largest absolute Gasteiger partial charge is 0.492 e. The predicted octanol–water partition coefficient (Wildman–Crippen LogP) is 5.13. The van der Waals surface area contributed by atoms with Gasteiger partial charge in [-0.15, -0.1) is 0 Å². The number of hydrogen-bond donors (Lipinski definition) is 1. The summed E-state index contributed by atoms with van der Waals surface area (Å²) in [6.07, 6.45) is 0. The molecule has 0 heterocycles. The molecule has 0 aliphatic heterocycles. The molecule has 0 aromatic heterocycles. The summed E-state index contributed by atoms with van der Waals surface area (Å²) in [6, 6.07) is 29.3. The fraction of sp³-hybridized carbons (Fsp3) is 0.217. The fourth-order valence-corrected chi connectivity index (χ4v) is 2.83. The minimum absolute atomic E-state index is 0.506. The number of nitrogens with one attached hydrogen (secondary N) is 1. The van der Waals surface area contributed by atoms with Crippen molar-refractivity contribution in [1.82, 2.24) is 5.32 Å². The maximum Gasteiger partial charge on any atom is 0.119 e. The monoisotopic (exact) mass is 331 g/mol. The first-order chi connectivity index (χ1) is 12.3. The Morgan fingerprint density at radius 3 is 2.04 bits per heavy atom. The molecule has 0 fully saturated rings. The molecular weight excluding hydrogens is 306 g/mol. The minimum atomic E-state index is 0.506. The van der Waals surface area contributed by atoms with Crippen molar-refractivity contribution in [2.75, 3.05) is 19.7 Å². The molecule has 1 N–H and O–H groups in total. The Bertz CT molecular complexity index is 738. The molecule has 0 amide bonds. The maximum atomic E-state index is 5.82. The van der Waals surface area contributed by atoms with E-state index in [1.54, 1.807) is 0 Å². The second-order valence-corrected chi connectivity index (χ2v) is 6.25. The van der Waals surface area contributed by atoms with E-state index >= 15 is 0 Å². The first-order valence-electron chi connectivity index (χ1n) is 8.87. The summed E-state index contributed by atoms with van der Waals surface area (Å²) in [5.41, 5.74) is 3.81. The lowest BCUT2D eigenvalue weighted by Gasteiger charge is -2.13. The van der Waals surface area contributed by atoms with E-state index in [4.69, 9.17) is 4.74 Å². The third kappa shape index (κ3) is 5.20. The van der Waals surface area contributed by atoms with Gasteiger partial charge in [0.15, 0.2) is 0 Å². The summed E-state index contributed by atoms with van der Waals surface area (Å²) in [6.45, 7) is 4.72. The summed E-state index contributed by atoms with van der Waals surface area (Å²) in [5, 5.41) is 3.47. The lowest BCUT2D eigenvalue weighted by atomic mass is 10.0. The van der Waals surface area contributed by atoms with Crippen LogP contribution in [0.2, 0.25) is 0 Å². The van der Waals surface area contributed by atoms with Crippen LogP contribution >= 0.6 is 0 Å². The van der Waals surface area contributed by atoms with Gasteiger partial charge >= 0.3 is 0 Å². The van der Waals surface area contributed by atoms with Crippen LogP contribution in [0.4, 0.5) is 0 Å². The van der Waals surface area contributed by atoms with Crippen LogP contribution in [0.5, 0.6) is 5.75 Å². The number of ether oxygens (including phenoxy) is 1.